The second-order valence-corrected chi connectivity index (χ2v) is 8.22. The highest BCUT2D eigenvalue weighted by atomic mass is 16.5. The van der Waals surface area contributed by atoms with Crippen LogP contribution in [0.3, 0.4) is 0 Å². The lowest BCUT2D eigenvalue weighted by Gasteiger charge is -2.29. The van der Waals surface area contributed by atoms with Gasteiger partial charge in [0, 0.05) is 42.7 Å². The van der Waals surface area contributed by atoms with E-state index >= 15 is 0 Å². The van der Waals surface area contributed by atoms with Crippen molar-refractivity contribution in [3.8, 4) is 5.69 Å². The summed E-state index contributed by atoms with van der Waals surface area (Å²) in [6, 6.07) is 7.32. The fourth-order valence-electron chi connectivity index (χ4n) is 5.33. The number of aliphatic carboxylic acids is 1. The van der Waals surface area contributed by atoms with Gasteiger partial charge in [-0.25, -0.2) is 0 Å². The Morgan fingerprint density at radius 2 is 2.14 bits per heavy atom. The average Bonchev–Trinajstić information content (AvgIpc) is 3.46. The van der Waals surface area contributed by atoms with Crippen LogP contribution < -0.4 is 5.32 Å². The van der Waals surface area contributed by atoms with Crippen LogP contribution >= 0.6 is 0 Å². The Bertz CT molecular complexity index is 933. The molecule has 2 bridgehead atoms. The van der Waals surface area contributed by atoms with Crippen LogP contribution in [-0.4, -0.2) is 74.5 Å². The predicted octanol–water partition coefficient (Wildman–Crippen LogP) is 0.561. The molecule has 3 saturated heterocycles. The van der Waals surface area contributed by atoms with Crippen molar-refractivity contribution in [2.45, 2.75) is 24.5 Å². The van der Waals surface area contributed by atoms with Gasteiger partial charge in [0.2, 0.25) is 0 Å². The summed E-state index contributed by atoms with van der Waals surface area (Å²) >= 11 is 0. The summed E-state index contributed by atoms with van der Waals surface area (Å²) in [6.45, 7) is 1.97. The number of nitrogens with one attached hydrogen (secondary N) is 1. The van der Waals surface area contributed by atoms with Gasteiger partial charge in [-0.05, 0) is 31.0 Å². The van der Waals surface area contributed by atoms with E-state index in [-0.39, 0.29) is 36.0 Å². The standard InChI is InChI=1S/C20H23N5O4/c26-18(27)9-24-8-16-15(17-4-5-20(16,10-24)29-17)7-21-19(28)13-2-1-3-14(6-13)25-11-22-23-12-25/h1-3,6,11-12,15-17H,4-5,7-10H2,(H,21,28)(H,26,27)/t15-,16+,17+,20+/m0/s1. The van der Waals surface area contributed by atoms with Crippen LogP contribution in [0.15, 0.2) is 36.9 Å². The van der Waals surface area contributed by atoms with Crippen LogP contribution in [0.5, 0.6) is 0 Å². The Labute approximate surface area is 167 Å². The summed E-state index contributed by atoms with van der Waals surface area (Å²) in [6.07, 6.45) is 5.28. The van der Waals surface area contributed by atoms with E-state index in [1.54, 1.807) is 23.3 Å². The summed E-state index contributed by atoms with van der Waals surface area (Å²) in [5.74, 6) is -0.456. The van der Waals surface area contributed by atoms with E-state index < -0.39 is 5.97 Å². The van der Waals surface area contributed by atoms with Crippen molar-refractivity contribution in [2.75, 3.05) is 26.2 Å². The maximum Gasteiger partial charge on any atom is 0.317 e. The van der Waals surface area contributed by atoms with Gasteiger partial charge in [-0.1, -0.05) is 6.07 Å². The summed E-state index contributed by atoms with van der Waals surface area (Å²) in [4.78, 5) is 25.8. The lowest BCUT2D eigenvalue weighted by molar-refractivity contribution is -0.138. The quantitative estimate of drug-likeness (QED) is 0.733. The molecule has 3 aliphatic heterocycles. The highest BCUT2D eigenvalue weighted by molar-refractivity contribution is 5.94. The van der Waals surface area contributed by atoms with Gasteiger partial charge >= 0.3 is 5.97 Å². The zero-order chi connectivity index (χ0) is 20.0. The Morgan fingerprint density at radius 3 is 2.93 bits per heavy atom. The fraction of sp³-hybridized carbons (Fsp3) is 0.500. The number of hydrogen-bond donors (Lipinski definition) is 2. The number of fused-ring (bicyclic) bond motifs is 1. The second kappa shape index (κ2) is 6.93. The van der Waals surface area contributed by atoms with Gasteiger partial charge in [0.05, 0.1) is 18.2 Å². The number of rotatable bonds is 6. The first-order valence-corrected chi connectivity index (χ1v) is 9.89. The maximum absolute atomic E-state index is 12.7. The minimum Gasteiger partial charge on any atom is -0.480 e. The van der Waals surface area contributed by atoms with Crippen molar-refractivity contribution in [3.63, 3.8) is 0 Å². The Kier molecular flexibility index (Phi) is 4.36. The van der Waals surface area contributed by atoms with Gasteiger partial charge < -0.3 is 15.2 Å². The van der Waals surface area contributed by atoms with Gasteiger partial charge in [-0.2, -0.15) is 0 Å². The molecule has 1 spiro atoms. The van der Waals surface area contributed by atoms with Crippen molar-refractivity contribution in [2.24, 2.45) is 11.8 Å². The van der Waals surface area contributed by atoms with Crippen molar-refractivity contribution < 1.29 is 19.4 Å². The fourth-order valence-corrected chi connectivity index (χ4v) is 5.33. The third-order valence-electron chi connectivity index (χ3n) is 6.54. The van der Waals surface area contributed by atoms with Crippen molar-refractivity contribution in [1.82, 2.24) is 25.0 Å². The number of carbonyl (C=O) groups is 2. The summed E-state index contributed by atoms with van der Waals surface area (Å²) in [7, 11) is 0. The highest BCUT2D eigenvalue weighted by Crippen LogP contribution is 2.54. The SMILES string of the molecule is O=C(O)CN1C[C@@H]2[C@H](CNC(=O)c3cccc(-n4cnnc4)c3)[C@H]3CC[C@]2(C1)O3. The number of carboxylic acids is 1. The molecule has 2 N–H and O–H groups in total. The Morgan fingerprint density at radius 1 is 1.31 bits per heavy atom. The molecule has 1 aromatic heterocycles. The number of ether oxygens (including phenoxy) is 1. The predicted molar refractivity (Wildman–Crippen MR) is 102 cm³/mol. The van der Waals surface area contributed by atoms with E-state index in [1.807, 2.05) is 23.1 Å². The molecule has 9 heteroatoms. The van der Waals surface area contributed by atoms with Crippen LogP contribution in [0.1, 0.15) is 23.2 Å². The second-order valence-electron chi connectivity index (χ2n) is 8.22. The molecule has 2 aromatic rings. The maximum atomic E-state index is 12.7. The molecule has 4 atom stereocenters. The summed E-state index contributed by atoms with van der Waals surface area (Å²) < 4.78 is 8.06. The van der Waals surface area contributed by atoms with Gasteiger partial charge in [-0.15, -0.1) is 10.2 Å². The first kappa shape index (κ1) is 18.3. The Balaban J connectivity index is 1.25. The van der Waals surface area contributed by atoms with Crippen LogP contribution in [0.4, 0.5) is 0 Å². The first-order chi connectivity index (χ1) is 14.0. The zero-order valence-electron chi connectivity index (χ0n) is 15.9. The molecule has 0 unspecified atom stereocenters. The molecule has 0 aliphatic carbocycles. The van der Waals surface area contributed by atoms with E-state index in [9.17, 15) is 9.59 Å². The molecule has 152 valence electrons. The molecule has 3 fully saturated rings. The molecular weight excluding hydrogens is 374 g/mol. The molecule has 1 amide bonds. The topological polar surface area (TPSA) is 110 Å². The summed E-state index contributed by atoms with van der Waals surface area (Å²) in [5, 5.41) is 19.8. The van der Waals surface area contributed by atoms with Gasteiger partial charge in [0.25, 0.3) is 5.91 Å². The first-order valence-electron chi connectivity index (χ1n) is 9.89. The third-order valence-corrected chi connectivity index (χ3v) is 6.54. The minimum atomic E-state index is -0.811. The van der Waals surface area contributed by atoms with E-state index in [0.717, 1.165) is 18.5 Å². The molecule has 29 heavy (non-hydrogen) atoms. The highest BCUT2D eigenvalue weighted by Gasteiger charge is 2.62. The number of hydrogen-bond acceptors (Lipinski definition) is 6. The molecule has 9 nitrogen and oxygen atoms in total. The van der Waals surface area contributed by atoms with E-state index in [0.29, 0.717) is 25.2 Å². The molecule has 3 aliphatic rings. The van der Waals surface area contributed by atoms with E-state index in [4.69, 9.17) is 9.84 Å². The third kappa shape index (κ3) is 3.20. The van der Waals surface area contributed by atoms with E-state index in [1.165, 1.54) is 0 Å². The zero-order valence-corrected chi connectivity index (χ0v) is 15.9. The number of nitrogens with zero attached hydrogens (tertiary/aromatic N) is 4. The molecule has 0 saturated carbocycles. The summed E-state index contributed by atoms with van der Waals surface area (Å²) in [5.41, 5.74) is 1.17. The molecule has 5 rings (SSSR count). The van der Waals surface area contributed by atoms with Crippen molar-refractivity contribution >= 4 is 11.9 Å². The molecule has 4 heterocycles. The van der Waals surface area contributed by atoms with Crippen LogP contribution in [0.2, 0.25) is 0 Å². The monoisotopic (exact) mass is 397 g/mol. The number of carbonyl (C=O) groups excluding carboxylic acids is 1. The Hall–Kier alpha value is -2.78. The number of likely N-dealkylation sites (tertiary alicyclic amines) is 1. The smallest absolute Gasteiger partial charge is 0.317 e. The lowest BCUT2D eigenvalue weighted by Crippen LogP contribution is -2.41. The van der Waals surface area contributed by atoms with Crippen LogP contribution in [-0.2, 0) is 9.53 Å². The number of benzene rings is 1. The lowest BCUT2D eigenvalue weighted by atomic mass is 9.73. The molecular formula is C20H23N5O4. The number of aromatic nitrogens is 3. The molecule has 1 aromatic carbocycles. The number of carboxylic acid groups (broad SMARTS) is 1. The van der Waals surface area contributed by atoms with Gasteiger partial charge in [-0.3, -0.25) is 19.1 Å². The molecule has 0 radical (unpaired) electrons. The van der Waals surface area contributed by atoms with Gasteiger partial charge in [0.15, 0.2) is 0 Å². The number of amides is 1. The normalized spacial score (nSPS) is 30.4. The minimum absolute atomic E-state index is 0.0429. The van der Waals surface area contributed by atoms with E-state index in [2.05, 4.69) is 15.5 Å². The van der Waals surface area contributed by atoms with Crippen molar-refractivity contribution in [3.05, 3.63) is 42.5 Å². The largest absolute Gasteiger partial charge is 0.480 e. The van der Waals surface area contributed by atoms with Gasteiger partial charge in [0.1, 0.15) is 12.7 Å². The average molecular weight is 397 g/mol. The van der Waals surface area contributed by atoms with Crippen LogP contribution in [0, 0.1) is 11.8 Å². The van der Waals surface area contributed by atoms with Crippen molar-refractivity contribution in [1.29, 1.82) is 0 Å². The van der Waals surface area contributed by atoms with Crippen LogP contribution in [0.25, 0.3) is 5.69 Å².